The molecule has 0 aliphatic rings. The Morgan fingerprint density at radius 2 is 0.556 bits per heavy atom. The van der Waals surface area contributed by atoms with E-state index in [4.69, 9.17) is 0 Å². The van der Waals surface area contributed by atoms with Crippen LogP contribution in [0.1, 0.15) is 0 Å². The van der Waals surface area contributed by atoms with E-state index in [0.717, 1.165) is 0 Å². The van der Waals surface area contributed by atoms with Crippen LogP contribution in [0.4, 0.5) is 0 Å². The molecule has 0 N–H and O–H groups in total. The van der Waals surface area contributed by atoms with Gasteiger partial charge < -0.3 is 0 Å². The molecular weight excluding hydrogens is 241 g/mol. The van der Waals surface area contributed by atoms with Crippen LogP contribution in [0.3, 0.4) is 0 Å². The normalized spacial score (nSPS) is 8.00. The molecule has 0 amide bonds. The van der Waals surface area contributed by atoms with Crippen LogP contribution in [0, 0.1) is 0 Å². The van der Waals surface area contributed by atoms with Crippen molar-refractivity contribution in [3.05, 3.63) is 0 Å². The fourth-order valence-electron chi connectivity index (χ4n) is 0. The maximum atomic E-state index is 2.27. The van der Waals surface area contributed by atoms with Crippen LogP contribution in [0.5, 0.6) is 0 Å². The van der Waals surface area contributed by atoms with E-state index in [1.165, 1.54) is 0 Å². The molecule has 0 heterocycles. The van der Waals surface area contributed by atoms with E-state index >= 15 is 0 Å². The van der Waals surface area contributed by atoms with Crippen molar-refractivity contribution < 1.29 is 27.3 Å². The molecular formula is C6H18CdSi2. The Hall–Kier alpha value is 1.36. The summed E-state index contributed by atoms with van der Waals surface area (Å²) in [5.41, 5.74) is 0. The quantitative estimate of drug-likeness (QED) is 0.586. The minimum absolute atomic E-state index is 0. The van der Waals surface area contributed by atoms with Gasteiger partial charge in [-0.25, -0.2) is 0 Å². The molecule has 52 valence electrons. The summed E-state index contributed by atoms with van der Waals surface area (Å²) in [7, 11) is 0.241. The zero-order valence-electron chi connectivity index (χ0n) is 7.71. The predicted molar refractivity (Wildman–Crippen MR) is 46.7 cm³/mol. The fourth-order valence-corrected chi connectivity index (χ4v) is 0. The second-order valence-electron chi connectivity index (χ2n) is 3.00. The van der Waals surface area contributed by atoms with Gasteiger partial charge in [0, 0.05) is 44.9 Å². The van der Waals surface area contributed by atoms with E-state index in [-0.39, 0.29) is 44.9 Å². The van der Waals surface area contributed by atoms with Gasteiger partial charge in [-0.1, -0.05) is 39.3 Å². The van der Waals surface area contributed by atoms with Gasteiger partial charge in [0.1, 0.15) is 0 Å². The van der Waals surface area contributed by atoms with E-state index in [9.17, 15) is 0 Å². The first-order valence-corrected chi connectivity index (χ1v) is 9.00. The molecule has 0 saturated carbocycles. The van der Waals surface area contributed by atoms with Crippen LogP contribution >= 0.6 is 0 Å². The van der Waals surface area contributed by atoms with Crippen molar-refractivity contribution in [1.82, 2.24) is 0 Å². The van der Waals surface area contributed by atoms with Gasteiger partial charge in [-0.2, -0.15) is 0 Å². The predicted octanol–water partition coefficient (Wildman–Crippen LogP) is 2.74. The minimum Gasteiger partial charge on any atom is -0.0715 e. The Morgan fingerprint density at radius 1 is 0.556 bits per heavy atom. The summed E-state index contributed by atoms with van der Waals surface area (Å²) in [5.74, 6) is 0. The molecule has 0 aromatic rings. The van der Waals surface area contributed by atoms with E-state index in [1.54, 1.807) is 0 Å². The molecule has 0 atom stereocenters. The second kappa shape index (κ2) is 12.1. The molecule has 0 spiro atoms. The zero-order valence-corrected chi connectivity index (χ0v) is 13.7. The first kappa shape index (κ1) is 16.8. The third-order valence-corrected chi connectivity index (χ3v) is 0. The molecule has 0 nitrogen and oxygen atoms in total. The Kier molecular flexibility index (Phi) is 22.5. The molecule has 0 aromatic heterocycles. The molecule has 0 aromatic carbocycles. The van der Waals surface area contributed by atoms with Gasteiger partial charge >= 0.3 is 0 Å². The van der Waals surface area contributed by atoms with E-state index < -0.39 is 0 Å². The molecule has 9 heavy (non-hydrogen) atoms. The third kappa shape index (κ3) is 275. The first-order chi connectivity index (χ1) is 3.46. The van der Waals surface area contributed by atoms with Crippen molar-refractivity contribution in [2.75, 3.05) is 0 Å². The zero-order chi connectivity index (χ0) is 7.15. The topological polar surface area (TPSA) is 0 Å². The average Bonchev–Trinajstić information content (AvgIpc) is 1.25. The van der Waals surface area contributed by atoms with Crippen molar-refractivity contribution >= 4 is 17.6 Å². The van der Waals surface area contributed by atoms with Crippen LogP contribution in [-0.4, -0.2) is 17.6 Å². The summed E-state index contributed by atoms with van der Waals surface area (Å²) in [4.78, 5) is 0. The average molecular weight is 259 g/mol. The molecule has 0 aliphatic heterocycles. The molecule has 2 radical (unpaired) electrons. The molecule has 0 saturated heterocycles. The summed E-state index contributed by atoms with van der Waals surface area (Å²) in [6.07, 6.45) is 0. The second-order valence-corrected chi connectivity index (χ2v) is 9.00. The maximum Gasteiger partial charge on any atom is 0.0379 e. The minimum atomic E-state index is 0. The molecule has 3 heteroatoms. The van der Waals surface area contributed by atoms with Crippen molar-refractivity contribution in [1.29, 1.82) is 0 Å². The summed E-state index contributed by atoms with van der Waals surface area (Å²) in [6, 6.07) is 0. The van der Waals surface area contributed by atoms with Crippen LogP contribution < -0.4 is 0 Å². The Bertz CT molecular complexity index is 26.5. The largest absolute Gasteiger partial charge is 0.0715 e. The van der Waals surface area contributed by atoms with Gasteiger partial charge in [-0.05, 0) is 0 Å². The van der Waals surface area contributed by atoms with Gasteiger partial charge in [-0.15, -0.1) is 0 Å². The van der Waals surface area contributed by atoms with E-state index in [1.807, 2.05) is 0 Å². The van der Waals surface area contributed by atoms with Crippen LogP contribution in [-0.2, 0) is 27.3 Å². The Labute approximate surface area is 83.8 Å². The van der Waals surface area contributed by atoms with Gasteiger partial charge in [0.15, 0.2) is 0 Å². The third-order valence-electron chi connectivity index (χ3n) is 0. The molecule has 0 bridgehead atoms. The summed E-state index contributed by atoms with van der Waals surface area (Å²) in [5, 5.41) is 0. The van der Waals surface area contributed by atoms with Crippen molar-refractivity contribution in [2.24, 2.45) is 0 Å². The molecule has 0 rings (SSSR count). The van der Waals surface area contributed by atoms with E-state index in [2.05, 4.69) is 39.3 Å². The molecule has 0 fully saturated rings. The van der Waals surface area contributed by atoms with Crippen LogP contribution in [0.15, 0.2) is 0 Å². The van der Waals surface area contributed by atoms with E-state index in [0.29, 0.717) is 0 Å². The Morgan fingerprint density at radius 3 is 0.556 bits per heavy atom. The van der Waals surface area contributed by atoms with Crippen molar-refractivity contribution in [3.8, 4) is 0 Å². The maximum absolute atomic E-state index is 2.27. The summed E-state index contributed by atoms with van der Waals surface area (Å²) in [6.45, 7) is 13.6. The van der Waals surface area contributed by atoms with Crippen LogP contribution in [0.2, 0.25) is 39.3 Å². The van der Waals surface area contributed by atoms with Gasteiger partial charge in [0.2, 0.25) is 0 Å². The number of hydrogen-bond acceptors (Lipinski definition) is 0. The molecule has 0 unspecified atom stereocenters. The van der Waals surface area contributed by atoms with Gasteiger partial charge in [0.25, 0.3) is 0 Å². The van der Waals surface area contributed by atoms with Gasteiger partial charge in [-0.3, -0.25) is 0 Å². The monoisotopic (exact) mass is 260 g/mol. The van der Waals surface area contributed by atoms with Crippen LogP contribution in [0.25, 0.3) is 0 Å². The number of hydrogen-bond donors (Lipinski definition) is 0. The SMILES string of the molecule is C[Si](C)C.C[Si](C)C.[Cd]. The van der Waals surface area contributed by atoms with Crippen molar-refractivity contribution in [2.45, 2.75) is 39.3 Å². The standard InChI is InChI=1S/2C3H9Si.Cd/c2*1-4(2)3;/h2*1-3H3;. The van der Waals surface area contributed by atoms with Gasteiger partial charge in [0.05, 0.1) is 0 Å². The van der Waals surface area contributed by atoms with Crippen molar-refractivity contribution in [3.63, 3.8) is 0 Å². The first-order valence-electron chi connectivity index (χ1n) is 3.00. The number of rotatable bonds is 0. The summed E-state index contributed by atoms with van der Waals surface area (Å²) >= 11 is 0. The smallest absolute Gasteiger partial charge is 0.0379 e. The fraction of sp³-hybridized carbons (Fsp3) is 1.00. The molecule has 0 aliphatic carbocycles. The Balaban J connectivity index is -0.0000000720. The summed E-state index contributed by atoms with van der Waals surface area (Å²) < 4.78 is 0.